The maximum absolute atomic E-state index is 12.9. The van der Waals surface area contributed by atoms with Gasteiger partial charge in [-0.15, -0.1) is 0 Å². The molecule has 0 atom stereocenters. The summed E-state index contributed by atoms with van der Waals surface area (Å²) in [5, 5.41) is 6.01. The van der Waals surface area contributed by atoms with Crippen LogP contribution in [0.2, 0.25) is 0 Å². The zero-order valence-corrected chi connectivity index (χ0v) is 20.8. The molecule has 0 aliphatic carbocycles. The third kappa shape index (κ3) is 5.84. The molecule has 0 aliphatic heterocycles. The van der Waals surface area contributed by atoms with Crippen molar-refractivity contribution in [3.8, 4) is 17.0 Å². The van der Waals surface area contributed by atoms with Gasteiger partial charge in [-0.3, -0.25) is 9.78 Å². The Labute approximate surface area is 209 Å². The third-order valence-corrected chi connectivity index (χ3v) is 6.38. The summed E-state index contributed by atoms with van der Waals surface area (Å²) in [5.41, 5.74) is 3.93. The number of aryl methyl sites for hydroxylation is 1. The molecule has 0 radical (unpaired) electrons. The lowest BCUT2D eigenvalue weighted by Crippen LogP contribution is -2.14. The molecule has 4 aromatic rings. The van der Waals surface area contributed by atoms with Crippen LogP contribution in [0.1, 0.15) is 22.8 Å². The van der Waals surface area contributed by atoms with Crippen LogP contribution in [0.5, 0.6) is 5.75 Å². The summed E-state index contributed by atoms with van der Waals surface area (Å²) < 4.78 is 29.8. The number of amides is 1. The Bertz CT molecular complexity index is 1510. The number of aromatic nitrogens is 3. The monoisotopic (exact) mass is 503 g/mol. The Morgan fingerprint density at radius 1 is 1.06 bits per heavy atom. The summed E-state index contributed by atoms with van der Waals surface area (Å²) in [4.78, 5) is 25.9. The van der Waals surface area contributed by atoms with E-state index in [-0.39, 0.29) is 16.2 Å². The van der Waals surface area contributed by atoms with Gasteiger partial charge in [0.25, 0.3) is 5.91 Å². The lowest BCUT2D eigenvalue weighted by molar-refractivity contribution is 0.102. The van der Waals surface area contributed by atoms with E-state index in [1.165, 1.54) is 18.2 Å². The van der Waals surface area contributed by atoms with Crippen molar-refractivity contribution >= 4 is 33.1 Å². The minimum Gasteiger partial charge on any atom is -0.493 e. The molecule has 2 heterocycles. The normalized spacial score (nSPS) is 11.1. The number of hydrogen-bond acceptors (Lipinski definition) is 8. The van der Waals surface area contributed by atoms with Crippen molar-refractivity contribution in [1.82, 2.24) is 15.0 Å². The molecule has 0 fully saturated rings. The zero-order valence-electron chi connectivity index (χ0n) is 20.0. The molecule has 0 bridgehead atoms. The first-order valence-electron chi connectivity index (χ1n) is 11.1. The molecule has 36 heavy (non-hydrogen) atoms. The second-order valence-corrected chi connectivity index (χ2v) is 9.97. The van der Waals surface area contributed by atoms with Gasteiger partial charge >= 0.3 is 0 Å². The molecule has 10 heteroatoms. The van der Waals surface area contributed by atoms with Gasteiger partial charge in [-0.1, -0.05) is 6.07 Å². The lowest BCUT2D eigenvalue weighted by Gasteiger charge is -2.13. The predicted octanol–water partition coefficient (Wildman–Crippen LogP) is 4.65. The fraction of sp³-hybridized carbons (Fsp3) is 0.154. The van der Waals surface area contributed by atoms with Gasteiger partial charge in [-0.25, -0.2) is 18.4 Å². The summed E-state index contributed by atoms with van der Waals surface area (Å²) in [7, 11) is -3.59. The lowest BCUT2D eigenvalue weighted by atomic mass is 10.1. The molecule has 0 saturated heterocycles. The van der Waals surface area contributed by atoms with Crippen LogP contribution in [-0.4, -0.2) is 42.1 Å². The number of carbonyl (C=O) groups excluding carboxylic acids is 1. The number of pyridine rings is 1. The number of nitrogens with zero attached hydrogens (tertiary/aromatic N) is 3. The van der Waals surface area contributed by atoms with Gasteiger partial charge in [0.15, 0.2) is 9.84 Å². The van der Waals surface area contributed by atoms with E-state index in [0.29, 0.717) is 23.9 Å². The van der Waals surface area contributed by atoms with Crippen LogP contribution in [0.4, 0.5) is 17.3 Å². The quantitative estimate of drug-likeness (QED) is 0.356. The SMILES string of the molecule is CCOc1ccc(C(=O)Nc2ccc(C)c(Nc3nccc(-c4cccnc4)n3)c2)cc1S(C)(=O)=O. The van der Waals surface area contributed by atoms with Crippen molar-refractivity contribution in [2.24, 2.45) is 0 Å². The number of sulfone groups is 1. The highest BCUT2D eigenvalue weighted by molar-refractivity contribution is 7.90. The zero-order chi connectivity index (χ0) is 25.7. The average Bonchev–Trinajstić information content (AvgIpc) is 2.86. The maximum Gasteiger partial charge on any atom is 0.255 e. The second-order valence-electron chi connectivity index (χ2n) is 7.98. The van der Waals surface area contributed by atoms with Gasteiger partial charge in [0.2, 0.25) is 5.95 Å². The first kappa shape index (κ1) is 24.8. The van der Waals surface area contributed by atoms with E-state index in [1.54, 1.807) is 43.7 Å². The Morgan fingerprint density at radius 2 is 1.89 bits per heavy atom. The number of rotatable bonds is 8. The number of anilines is 3. The van der Waals surface area contributed by atoms with Gasteiger partial charge in [0, 0.05) is 47.3 Å². The first-order chi connectivity index (χ1) is 17.2. The largest absolute Gasteiger partial charge is 0.493 e. The number of benzene rings is 2. The molecule has 1 amide bonds. The minimum absolute atomic E-state index is 0.0334. The number of carbonyl (C=O) groups is 1. The van der Waals surface area contributed by atoms with E-state index in [2.05, 4.69) is 25.6 Å². The third-order valence-electron chi connectivity index (χ3n) is 5.26. The van der Waals surface area contributed by atoms with Crippen molar-refractivity contribution < 1.29 is 17.9 Å². The van der Waals surface area contributed by atoms with E-state index >= 15 is 0 Å². The van der Waals surface area contributed by atoms with E-state index in [4.69, 9.17) is 4.74 Å². The number of nitrogens with one attached hydrogen (secondary N) is 2. The molecule has 2 aromatic carbocycles. The highest BCUT2D eigenvalue weighted by atomic mass is 32.2. The molecule has 0 unspecified atom stereocenters. The van der Waals surface area contributed by atoms with E-state index in [1.807, 2.05) is 25.1 Å². The van der Waals surface area contributed by atoms with E-state index < -0.39 is 15.7 Å². The summed E-state index contributed by atoms with van der Waals surface area (Å²) in [6.07, 6.45) is 6.16. The summed E-state index contributed by atoms with van der Waals surface area (Å²) in [5.74, 6) is 0.159. The molecule has 0 spiro atoms. The van der Waals surface area contributed by atoms with E-state index in [9.17, 15) is 13.2 Å². The highest BCUT2D eigenvalue weighted by Crippen LogP contribution is 2.27. The fourth-order valence-corrected chi connectivity index (χ4v) is 4.30. The molecule has 9 nitrogen and oxygen atoms in total. The van der Waals surface area contributed by atoms with Crippen molar-refractivity contribution in [1.29, 1.82) is 0 Å². The van der Waals surface area contributed by atoms with Gasteiger partial charge in [0.1, 0.15) is 10.6 Å². The number of ether oxygens (including phenoxy) is 1. The van der Waals surface area contributed by atoms with Crippen molar-refractivity contribution in [2.45, 2.75) is 18.7 Å². The minimum atomic E-state index is -3.59. The fourth-order valence-electron chi connectivity index (χ4n) is 3.47. The van der Waals surface area contributed by atoms with Crippen LogP contribution in [0, 0.1) is 6.92 Å². The first-order valence-corrected chi connectivity index (χ1v) is 13.0. The standard InChI is InChI=1S/C26H25N5O4S/c1-4-35-23-10-8-18(14-24(23)36(3,33)34)25(32)29-20-9-7-17(2)22(15-20)31-26-28-13-11-21(30-26)19-6-5-12-27-16-19/h5-16H,4H2,1-3H3,(H,29,32)(H,28,30,31). The smallest absolute Gasteiger partial charge is 0.255 e. The van der Waals surface area contributed by atoms with Gasteiger partial charge < -0.3 is 15.4 Å². The van der Waals surface area contributed by atoms with Gasteiger partial charge in [-0.05, 0) is 67.9 Å². The van der Waals surface area contributed by atoms with Crippen LogP contribution in [0.15, 0.2) is 78.1 Å². The molecule has 4 rings (SSSR count). The molecule has 2 N–H and O–H groups in total. The maximum atomic E-state index is 12.9. The highest BCUT2D eigenvalue weighted by Gasteiger charge is 2.18. The van der Waals surface area contributed by atoms with Gasteiger partial charge in [-0.2, -0.15) is 0 Å². The topological polar surface area (TPSA) is 123 Å². The Morgan fingerprint density at radius 3 is 2.61 bits per heavy atom. The van der Waals surface area contributed by atoms with Crippen LogP contribution in [0.25, 0.3) is 11.3 Å². The van der Waals surface area contributed by atoms with Crippen LogP contribution >= 0.6 is 0 Å². The number of hydrogen-bond donors (Lipinski definition) is 2. The van der Waals surface area contributed by atoms with E-state index in [0.717, 1.165) is 23.1 Å². The molecular formula is C26H25N5O4S. The molecule has 2 aromatic heterocycles. The Balaban J connectivity index is 1.56. The van der Waals surface area contributed by atoms with Crippen LogP contribution < -0.4 is 15.4 Å². The summed E-state index contributed by atoms with van der Waals surface area (Å²) in [6.45, 7) is 3.99. The van der Waals surface area contributed by atoms with Crippen molar-refractivity contribution in [3.05, 3.63) is 84.3 Å². The second kappa shape index (κ2) is 10.5. The summed E-state index contributed by atoms with van der Waals surface area (Å²) >= 11 is 0. The Kier molecular flexibility index (Phi) is 7.25. The molecular weight excluding hydrogens is 478 g/mol. The van der Waals surface area contributed by atoms with Crippen molar-refractivity contribution in [2.75, 3.05) is 23.5 Å². The van der Waals surface area contributed by atoms with Crippen LogP contribution in [0.3, 0.4) is 0 Å². The Hall–Kier alpha value is -4.31. The van der Waals surface area contributed by atoms with Crippen molar-refractivity contribution in [3.63, 3.8) is 0 Å². The molecule has 0 aliphatic rings. The van der Waals surface area contributed by atoms with Crippen LogP contribution in [-0.2, 0) is 9.84 Å². The molecule has 184 valence electrons. The summed E-state index contributed by atoms with van der Waals surface area (Å²) in [6, 6.07) is 15.3. The average molecular weight is 504 g/mol. The predicted molar refractivity (Wildman–Crippen MR) is 138 cm³/mol. The van der Waals surface area contributed by atoms with Gasteiger partial charge in [0.05, 0.1) is 12.3 Å². The molecule has 0 saturated carbocycles.